The molecule has 2 aromatic rings. The van der Waals surface area contributed by atoms with Crippen LogP contribution in [0.25, 0.3) is 0 Å². The van der Waals surface area contributed by atoms with Crippen molar-refractivity contribution in [2.75, 3.05) is 25.2 Å². The molecule has 444 valence electrons. The second kappa shape index (κ2) is 36.0. The normalized spacial score (nSPS) is 14.6. The van der Waals surface area contributed by atoms with Crippen LogP contribution in [0.1, 0.15) is 97.6 Å². The topological polar surface area (TPSA) is 424 Å². The second-order valence-corrected chi connectivity index (χ2v) is 21.8. The number of aliphatic hydroxyl groups is 1. The molecule has 0 fully saturated rings. The molecule has 0 aromatic heterocycles. The number of rotatable bonds is 37. The minimum absolute atomic E-state index is 0.0230. The van der Waals surface area contributed by atoms with Crippen molar-refractivity contribution in [3.05, 3.63) is 71.8 Å². The van der Waals surface area contributed by atoms with E-state index in [9.17, 15) is 58.2 Å². The molecule has 0 saturated carbocycles. The van der Waals surface area contributed by atoms with Gasteiger partial charge in [0.05, 0.1) is 19.1 Å². The van der Waals surface area contributed by atoms with E-state index in [1.165, 1.54) is 11.8 Å². The molecule has 0 radical (unpaired) electrons. The van der Waals surface area contributed by atoms with Gasteiger partial charge in [0.15, 0.2) is 5.96 Å². The highest BCUT2D eigenvalue weighted by atomic mass is 32.2. The van der Waals surface area contributed by atoms with Crippen molar-refractivity contribution >= 4 is 76.9 Å². The van der Waals surface area contributed by atoms with Gasteiger partial charge in [-0.3, -0.25) is 48.1 Å². The number of benzene rings is 2. The molecule has 80 heavy (non-hydrogen) atoms. The average Bonchev–Trinajstić information content (AvgIpc) is 3.38. The van der Waals surface area contributed by atoms with E-state index in [-0.39, 0.29) is 81.6 Å². The smallest absolute Gasteiger partial charge is 0.326 e. The number of nitrogens with zero attached hydrogens (tertiary/aromatic N) is 1. The van der Waals surface area contributed by atoms with Gasteiger partial charge in [0.2, 0.25) is 53.2 Å². The molecule has 0 spiro atoms. The third kappa shape index (κ3) is 26.6. The Morgan fingerprint density at radius 1 is 0.500 bits per heavy atom. The summed E-state index contributed by atoms with van der Waals surface area (Å²) in [6.07, 6.45) is 1.37. The fraction of sp³-hybridized carbons (Fsp3) is 0.574. The lowest BCUT2D eigenvalue weighted by atomic mass is 10.0. The Morgan fingerprint density at radius 3 is 1.34 bits per heavy atom. The molecule has 18 N–H and O–H groups in total. The molecule has 0 aliphatic heterocycles. The molecule has 0 saturated heterocycles. The van der Waals surface area contributed by atoms with Crippen LogP contribution in [0.5, 0.6) is 0 Å². The number of aliphatic imine (C=N–C) groups is 1. The van der Waals surface area contributed by atoms with Gasteiger partial charge in [-0.15, -0.1) is 0 Å². The third-order valence-electron chi connectivity index (χ3n) is 12.2. The Bertz CT molecular complexity index is 2380. The maximum atomic E-state index is 14.3. The number of carbonyl (C=O) groups is 10. The number of aliphatic hydroxyl groups excluding tert-OH is 1. The summed E-state index contributed by atoms with van der Waals surface area (Å²) in [6, 6.07) is 4.94. The lowest BCUT2D eigenvalue weighted by Crippen LogP contribution is -2.61. The van der Waals surface area contributed by atoms with Crippen molar-refractivity contribution in [1.82, 2.24) is 42.5 Å². The number of hydrogen-bond donors (Lipinski definition) is 14. The fourth-order valence-electron chi connectivity index (χ4n) is 8.18. The third-order valence-corrected chi connectivity index (χ3v) is 12.9. The summed E-state index contributed by atoms with van der Waals surface area (Å²) in [5.41, 5.74) is 24.1. The largest absolute Gasteiger partial charge is 0.480 e. The average molecular weight is 1140 g/mol. The standard InChI is InChI=1S/C54H85N13O12S/c1-30(2)23-38(62-45(70)35(55)26-33-15-10-8-11-16-33)48(73)60-36(19-14-21-59-54(57)58)46(71)65-41(28-44(56)69)51(76)64-40(27-34-17-12-9-13-18-34)50(75)67-43(29-68)52(77)63-39(24-31(3)4)49(74)61-37(20-22-80-7)47(72)66-42(53(78)79)25-32(5)6/h8-13,15-18,30-32,35-43,68H,14,19-29,55H2,1-7H3,(H2,56,69)(H,60,73)(H,61,74)(H,62,70)(H,63,77)(H,64,76)(H,65,71)(H,66,72)(H,67,75)(H,78,79)(H4,57,58,59)/t35-,36-,37-,38-,39-,40-,41-,42-,43-/m0/s1. The minimum Gasteiger partial charge on any atom is -0.480 e. The first kappa shape index (κ1) is 68.8. The Hall–Kier alpha value is -7.32. The van der Waals surface area contributed by atoms with E-state index in [0.29, 0.717) is 11.3 Å². The molecule has 9 atom stereocenters. The van der Waals surface area contributed by atoms with Gasteiger partial charge in [-0.25, -0.2) is 4.79 Å². The van der Waals surface area contributed by atoms with Crippen LogP contribution in [0.15, 0.2) is 65.7 Å². The van der Waals surface area contributed by atoms with Crippen LogP contribution in [0, 0.1) is 17.8 Å². The van der Waals surface area contributed by atoms with Crippen molar-refractivity contribution in [1.29, 1.82) is 0 Å². The zero-order valence-electron chi connectivity index (χ0n) is 46.8. The first-order chi connectivity index (χ1) is 37.7. The molecule has 2 rings (SSSR count). The van der Waals surface area contributed by atoms with E-state index in [1.807, 2.05) is 19.9 Å². The first-order valence-corrected chi connectivity index (χ1v) is 28.1. The molecule has 25 nitrogen and oxygen atoms in total. The SMILES string of the molecule is CSCC[C@H](NC(=O)[C@H](CC(C)C)NC(=O)[C@H](CO)NC(=O)[C@H](Cc1ccccc1)NC(=O)[C@H](CC(N)=O)NC(=O)[C@H](CCCN=C(N)N)NC(=O)[C@H](CC(C)C)NC(=O)[C@@H](N)Cc1ccccc1)C(=O)N[C@@H](CC(C)C)C(=O)O. The van der Waals surface area contributed by atoms with Crippen LogP contribution in [-0.2, 0) is 60.8 Å². The number of amides is 9. The van der Waals surface area contributed by atoms with Crippen LogP contribution in [0.4, 0.5) is 0 Å². The fourth-order valence-corrected chi connectivity index (χ4v) is 8.66. The van der Waals surface area contributed by atoms with Crippen LogP contribution in [-0.4, -0.2) is 155 Å². The number of nitrogens with two attached hydrogens (primary N) is 4. The Morgan fingerprint density at radius 2 is 0.875 bits per heavy atom. The second-order valence-electron chi connectivity index (χ2n) is 20.8. The Labute approximate surface area is 472 Å². The predicted octanol–water partition coefficient (Wildman–Crippen LogP) is -1.43. The molecular formula is C54H85N13O12S. The van der Waals surface area contributed by atoms with E-state index in [0.717, 1.165) is 5.56 Å². The van der Waals surface area contributed by atoms with Crippen LogP contribution < -0.4 is 65.5 Å². The molecule has 9 amide bonds. The number of nitrogens with one attached hydrogen (secondary N) is 8. The summed E-state index contributed by atoms with van der Waals surface area (Å²) >= 11 is 1.39. The summed E-state index contributed by atoms with van der Waals surface area (Å²) in [6.45, 7) is 9.80. The summed E-state index contributed by atoms with van der Waals surface area (Å²) in [5.74, 6) is -9.53. The number of carbonyl (C=O) groups excluding carboxylic acids is 9. The highest BCUT2D eigenvalue weighted by molar-refractivity contribution is 7.98. The molecule has 0 unspecified atom stereocenters. The predicted molar refractivity (Wildman–Crippen MR) is 304 cm³/mol. The van der Waals surface area contributed by atoms with Gasteiger partial charge in [0.1, 0.15) is 48.3 Å². The maximum absolute atomic E-state index is 14.3. The van der Waals surface area contributed by atoms with Gasteiger partial charge in [-0.05, 0) is 85.8 Å². The van der Waals surface area contributed by atoms with E-state index in [1.54, 1.807) is 88.5 Å². The number of thioether (sulfide) groups is 1. The number of primary amides is 1. The highest BCUT2D eigenvalue weighted by Gasteiger charge is 2.36. The Balaban J connectivity index is 2.44. The summed E-state index contributed by atoms with van der Waals surface area (Å²) in [4.78, 5) is 140. The molecular weight excluding hydrogens is 1050 g/mol. The number of aliphatic carboxylic acids is 1. The van der Waals surface area contributed by atoms with Gasteiger partial charge in [0, 0.05) is 13.0 Å². The van der Waals surface area contributed by atoms with Gasteiger partial charge in [0.25, 0.3) is 0 Å². The monoisotopic (exact) mass is 1140 g/mol. The summed E-state index contributed by atoms with van der Waals surface area (Å²) in [7, 11) is 0. The van der Waals surface area contributed by atoms with E-state index < -0.39 is 127 Å². The molecule has 0 aliphatic rings. The van der Waals surface area contributed by atoms with Crippen LogP contribution in [0.2, 0.25) is 0 Å². The van der Waals surface area contributed by atoms with Crippen molar-refractivity contribution in [2.24, 2.45) is 45.7 Å². The van der Waals surface area contributed by atoms with Gasteiger partial charge in [-0.1, -0.05) is 102 Å². The van der Waals surface area contributed by atoms with Crippen LogP contribution in [0.3, 0.4) is 0 Å². The number of guanidine groups is 1. The minimum atomic E-state index is -1.76. The number of carboxylic acid groups (broad SMARTS) is 1. The van der Waals surface area contributed by atoms with Crippen molar-refractivity contribution in [3.63, 3.8) is 0 Å². The van der Waals surface area contributed by atoms with E-state index in [4.69, 9.17) is 22.9 Å². The Kier molecular flexibility index (Phi) is 31.0. The number of hydrogen-bond acceptors (Lipinski definition) is 14. The van der Waals surface area contributed by atoms with Crippen molar-refractivity contribution in [3.8, 4) is 0 Å². The molecule has 2 aromatic carbocycles. The summed E-state index contributed by atoms with van der Waals surface area (Å²) in [5, 5.41) is 40.7. The number of carboxylic acids is 1. The van der Waals surface area contributed by atoms with Crippen LogP contribution >= 0.6 is 11.8 Å². The van der Waals surface area contributed by atoms with E-state index in [2.05, 4.69) is 47.5 Å². The zero-order valence-corrected chi connectivity index (χ0v) is 47.6. The molecule has 0 bridgehead atoms. The van der Waals surface area contributed by atoms with Crippen molar-refractivity contribution in [2.45, 2.75) is 154 Å². The van der Waals surface area contributed by atoms with Gasteiger partial charge >= 0.3 is 5.97 Å². The molecule has 26 heteroatoms. The quantitative estimate of drug-likeness (QED) is 0.0210. The van der Waals surface area contributed by atoms with E-state index >= 15 is 0 Å². The van der Waals surface area contributed by atoms with Crippen molar-refractivity contribution < 1.29 is 58.2 Å². The molecule has 0 aliphatic carbocycles. The lowest BCUT2D eigenvalue weighted by Gasteiger charge is -2.28. The molecule has 0 heterocycles. The summed E-state index contributed by atoms with van der Waals surface area (Å²) < 4.78 is 0. The first-order valence-electron chi connectivity index (χ1n) is 26.7. The van der Waals surface area contributed by atoms with Gasteiger partial charge < -0.3 is 75.7 Å². The lowest BCUT2D eigenvalue weighted by molar-refractivity contribution is -0.143. The maximum Gasteiger partial charge on any atom is 0.326 e. The highest BCUT2D eigenvalue weighted by Crippen LogP contribution is 2.13. The van der Waals surface area contributed by atoms with Gasteiger partial charge in [-0.2, -0.15) is 11.8 Å². The zero-order chi connectivity index (χ0) is 60.1.